The summed E-state index contributed by atoms with van der Waals surface area (Å²) in [6.45, 7) is 9.33. The third kappa shape index (κ3) is 5.20. The Balaban J connectivity index is 1.61. The van der Waals surface area contributed by atoms with Crippen LogP contribution in [-0.2, 0) is 7.05 Å². The number of hydrogen-bond acceptors (Lipinski definition) is 4. The summed E-state index contributed by atoms with van der Waals surface area (Å²) in [5.74, 6) is 2.63. The number of amides is 2. The van der Waals surface area contributed by atoms with Crippen molar-refractivity contribution in [1.82, 2.24) is 20.3 Å². The van der Waals surface area contributed by atoms with Crippen LogP contribution in [0.1, 0.15) is 81.5 Å². The minimum absolute atomic E-state index is 0.119. The molecule has 1 saturated carbocycles. The first kappa shape index (κ1) is 23.1. The summed E-state index contributed by atoms with van der Waals surface area (Å²) in [4.78, 5) is 14.8. The first-order chi connectivity index (χ1) is 14.7. The molecule has 31 heavy (non-hydrogen) atoms. The molecule has 0 aliphatic heterocycles. The molecular weight excluding hydrogens is 388 g/mol. The number of nitrogens with one attached hydrogen (secondary N) is 2. The zero-order valence-electron chi connectivity index (χ0n) is 20.1. The fourth-order valence-corrected chi connectivity index (χ4v) is 4.75. The highest BCUT2D eigenvalue weighted by Crippen LogP contribution is 2.40. The molecular formula is C24H38N6O. The average molecular weight is 427 g/mol. The first-order valence-corrected chi connectivity index (χ1v) is 11.4. The molecule has 7 nitrogen and oxygen atoms in total. The fraction of sp³-hybridized carbons (Fsp3) is 0.625. The van der Waals surface area contributed by atoms with E-state index in [1.165, 1.54) is 11.1 Å². The number of aromatic nitrogens is 3. The number of rotatable bonds is 7. The molecule has 170 valence electrons. The van der Waals surface area contributed by atoms with E-state index < -0.39 is 0 Å². The molecule has 2 atom stereocenters. The molecule has 0 spiro atoms. The molecule has 1 aliphatic carbocycles. The van der Waals surface area contributed by atoms with E-state index in [0.717, 1.165) is 36.5 Å². The van der Waals surface area contributed by atoms with Crippen LogP contribution in [0.5, 0.6) is 0 Å². The molecule has 1 heterocycles. The van der Waals surface area contributed by atoms with Gasteiger partial charge in [0.05, 0.1) is 0 Å². The number of urea groups is 1. The molecule has 0 bridgehead atoms. The molecule has 2 N–H and O–H groups in total. The fourth-order valence-electron chi connectivity index (χ4n) is 4.75. The van der Waals surface area contributed by atoms with Crippen molar-refractivity contribution in [2.75, 3.05) is 30.9 Å². The molecule has 1 aromatic heterocycles. The van der Waals surface area contributed by atoms with Crippen molar-refractivity contribution < 1.29 is 4.79 Å². The van der Waals surface area contributed by atoms with E-state index in [2.05, 4.69) is 71.7 Å². The molecule has 1 fully saturated rings. The molecule has 2 unspecified atom stereocenters. The normalized spacial score (nSPS) is 18.6. The molecule has 3 rings (SSSR count). The molecule has 7 heteroatoms. The van der Waals surface area contributed by atoms with Gasteiger partial charge in [0.1, 0.15) is 11.5 Å². The molecule has 1 aliphatic rings. The van der Waals surface area contributed by atoms with Crippen molar-refractivity contribution in [3.05, 3.63) is 35.0 Å². The number of benzene rings is 1. The van der Waals surface area contributed by atoms with Gasteiger partial charge in [-0.2, -0.15) is 0 Å². The van der Waals surface area contributed by atoms with E-state index in [1.807, 2.05) is 25.8 Å². The van der Waals surface area contributed by atoms with Crippen molar-refractivity contribution in [2.45, 2.75) is 64.7 Å². The standard InChI is InChI=1S/C24H38N6O/c1-15(2)19-9-8-10-20(16(3)4)22(19)26-24(31)25-14-17-11-12-18(13-17)21-23(29(5)6)30(7)28-27-21/h8-10,15-18H,11-14H2,1-7H3,(H2,25,26,31). The Hall–Kier alpha value is -2.57. The van der Waals surface area contributed by atoms with Gasteiger partial charge < -0.3 is 15.5 Å². The maximum atomic E-state index is 12.8. The second-order valence-corrected chi connectivity index (χ2v) is 9.65. The van der Waals surface area contributed by atoms with Gasteiger partial charge in [-0.25, -0.2) is 9.48 Å². The number of carbonyl (C=O) groups excluding carboxylic acids is 1. The third-order valence-corrected chi connectivity index (χ3v) is 6.34. The predicted molar refractivity (Wildman–Crippen MR) is 127 cm³/mol. The van der Waals surface area contributed by atoms with Crippen molar-refractivity contribution in [3.63, 3.8) is 0 Å². The van der Waals surface area contributed by atoms with Crippen LogP contribution in [0.3, 0.4) is 0 Å². The molecule has 2 aromatic rings. The maximum Gasteiger partial charge on any atom is 0.319 e. The van der Waals surface area contributed by atoms with Crippen LogP contribution in [0.25, 0.3) is 0 Å². The summed E-state index contributed by atoms with van der Waals surface area (Å²) in [6, 6.07) is 6.18. The number of para-hydroxylation sites is 1. The number of aryl methyl sites for hydroxylation is 1. The van der Waals surface area contributed by atoms with Crippen molar-refractivity contribution in [1.29, 1.82) is 0 Å². The lowest BCUT2D eigenvalue weighted by atomic mass is 9.93. The second kappa shape index (κ2) is 9.71. The van der Waals surface area contributed by atoms with Crippen LogP contribution in [-0.4, -0.2) is 41.7 Å². The lowest BCUT2D eigenvalue weighted by Gasteiger charge is -2.21. The zero-order valence-corrected chi connectivity index (χ0v) is 20.1. The summed E-state index contributed by atoms with van der Waals surface area (Å²) in [7, 11) is 5.99. The Labute approximate surface area is 186 Å². The summed E-state index contributed by atoms with van der Waals surface area (Å²) in [5, 5.41) is 14.9. The van der Waals surface area contributed by atoms with E-state index in [-0.39, 0.29) is 6.03 Å². The highest BCUT2D eigenvalue weighted by molar-refractivity contribution is 5.91. The monoisotopic (exact) mass is 426 g/mol. The van der Waals surface area contributed by atoms with Crippen LogP contribution < -0.4 is 15.5 Å². The third-order valence-electron chi connectivity index (χ3n) is 6.34. The first-order valence-electron chi connectivity index (χ1n) is 11.4. The van der Waals surface area contributed by atoms with Gasteiger partial charge in [0.15, 0.2) is 0 Å². The van der Waals surface area contributed by atoms with Crippen LogP contribution in [0.2, 0.25) is 0 Å². The summed E-state index contributed by atoms with van der Waals surface area (Å²) in [5.41, 5.74) is 4.40. The van der Waals surface area contributed by atoms with Crippen molar-refractivity contribution in [2.24, 2.45) is 13.0 Å². The van der Waals surface area contributed by atoms with Gasteiger partial charge in [0.25, 0.3) is 0 Å². The summed E-state index contributed by atoms with van der Waals surface area (Å²) in [6.07, 6.45) is 3.20. The van der Waals surface area contributed by atoms with E-state index in [1.54, 1.807) is 0 Å². The SMILES string of the molecule is CC(C)c1cccc(C(C)C)c1NC(=O)NCC1CCC(c2nnn(C)c2N(C)C)C1. The number of carbonyl (C=O) groups is 1. The Morgan fingerprint density at radius 1 is 1.16 bits per heavy atom. The van der Waals surface area contributed by atoms with E-state index in [0.29, 0.717) is 30.2 Å². The van der Waals surface area contributed by atoms with Gasteiger partial charge in [-0.1, -0.05) is 51.1 Å². The van der Waals surface area contributed by atoms with Gasteiger partial charge in [-0.05, 0) is 48.1 Å². The molecule has 0 saturated heterocycles. The highest BCUT2D eigenvalue weighted by atomic mass is 16.2. The van der Waals surface area contributed by atoms with Gasteiger partial charge in [0, 0.05) is 39.3 Å². The summed E-state index contributed by atoms with van der Waals surface area (Å²) < 4.78 is 1.84. The Morgan fingerprint density at radius 2 is 1.81 bits per heavy atom. The zero-order chi connectivity index (χ0) is 22.7. The van der Waals surface area contributed by atoms with E-state index >= 15 is 0 Å². The summed E-state index contributed by atoms with van der Waals surface area (Å²) >= 11 is 0. The van der Waals surface area contributed by atoms with Crippen LogP contribution in [0.4, 0.5) is 16.3 Å². The van der Waals surface area contributed by atoms with E-state index in [4.69, 9.17) is 0 Å². The number of anilines is 2. The highest BCUT2D eigenvalue weighted by Gasteiger charge is 2.31. The predicted octanol–water partition coefficient (Wildman–Crippen LogP) is 4.83. The number of hydrogen-bond donors (Lipinski definition) is 2. The maximum absolute atomic E-state index is 12.8. The molecule has 1 aromatic carbocycles. The second-order valence-electron chi connectivity index (χ2n) is 9.65. The van der Waals surface area contributed by atoms with Crippen molar-refractivity contribution >= 4 is 17.5 Å². The van der Waals surface area contributed by atoms with Crippen LogP contribution in [0.15, 0.2) is 18.2 Å². The Kier molecular flexibility index (Phi) is 7.23. The van der Waals surface area contributed by atoms with Gasteiger partial charge >= 0.3 is 6.03 Å². The van der Waals surface area contributed by atoms with Gasteiger partial charge in [0.2, 0.25) is 0 Å². The Bertz CT molecular complexity index is 875. The van der Waals surface area contributed by atoms with Crippen LogP contribution in [0, 0.1) is 5.92 Å². The van der Waals surface area contributed by atoms with E-state index in [9.17, 15) is 4.79 Å². The lowest BCUT2D eigenvalue weighted by Crippen LogP contribution is -2.33. The van der Waals surface area contributed by atoms with Gasteiger partial charge in [-0.15, -0.1) is 5.10 Å². The average Bonchev–Trinajstić information content (AvgIpc) is 3.32. The number of nitrogens with zero attached hydrogens (tertiary/aromatic N) is 4. The minimum atomic E-state index is -0.119. The van der Waals surface area contributed by atoms with Crippen LogP contribution >= 0.6 is 0 Å². The smallest absolute Gasteiger partial charge is 0.319 e. The molecule has 0 radical (unpaired) electrons. The molecule has 2 amide bonds. The van der Waals surface area contributed by atoms with Crippen molar-refractivity contribution in [3.8, 4) is 0 Å². The largest absolute Gasteiger partial charge is 0.361 e. The lowest BCUT2D eigenvalue weighted by molar-refractivity contribution is 0.250. The minimum Gasteiger partial charge on any atom is -0.361 e. The van der Waals surface area contributed by atoms with Gasteiger partial charge in [-0.3, -0.25) is 0 Å². The Morgan fingerprint density at radius 3 is 2.39 bits per heavy atom. The topological polar surface area (TPSA) is 75.1 Å². The quantitative estimate of drug-likeness (QED) is 0.665.